The normalized spacial score (nSPS) is 15.9. The summed E-state index contributed by atoms with van der Waals surface area (Å²) < 4.78 is 5.34. The van der Waals surface area contributed by atoms with Crippen molar-refractivity contribution < 1.29 is 19.1 Å². The van der Waals surface area contributed by atoms with Crippen LogP contribution < -0.4 is 0 Å². The molecule has 1 aromatic carbocycles. The molecule has 0 aromatic heterocycles. The van der Waals surface area contributed by atoms with Crippen molar-refractivity contribution in [3.05, 3.63) is 35.9 Å². The van der Waals surface area contributed by atoms with Gasteiger partial charge in [0.25, 0.3) is 0 Å². The largest absolute Gasteiger partial charge is 0.444 e. The van der Waals surface area contributed by atoms with Crippen LogP contribution in [0.3, 0.4) is 0 Å². The number of piperidine rings is 1. The molecule has 1 aliphatic heterocycles. The molecule has 24 heavy (non-hydrogen) atoms. The van der Waals surface area contributed by atoms with Gasteiger partial charge in [-0.15, -0.1) is 0 Å². The second-order valence-corrected chi connectivity index (χ2v) is 7.17. The van der Waals surface area contributed by atoms with Gasteiger partial charge in [-0.05, 0) is 33.6 Å². The number of carbonyl (C=O) groups excluding carboxylic acids is 3. The summed E-state index contributed by atoms with van der Waals surface area (Å²) in [5.41, 5.74) is 0.0447. The Morgan fingerprint density at radius 1 is 1.08 bits per heavy atom. The Labute approximate surface area is 143 Å². The summed E-state index contributed by atoms with van der Waals surface area (Å²) in [5.74, 6) is -0.334. The maximum Gasteiger partial charge on any atom is 0.410 e. The first-order valence-electron chi connectivity index (χ1n) is 8.35. The summed E-state index contributed by atoms with van der Waals surface area (Å²) in [6.07, 6.45) is 0.760. The van der Waals surface area contributed by atoms with E-state index >= 15 is 0 Å². The van der Waals surface area contributed by atoms with Crippen LogP contribution in [-0.4, -0.2) is 41.3 Å². The van der Waals surface area contributed by atoms with Gasteiger partial charge in [0, 0.05) is 24.6 Å². The lowest BCUT2D eigenvalue weighted by molar-refractivity contribution is -0.123. The van der Waals surface area contributed by atoms with Crippen LogP contribution in [0.2, 0.25) is 0 Å². The predicted octanol–water partition coefficient (Wildman–Crippen LogP) is 3.48. The third kappa shape index (κ3) is 5.18. The Bertz CT molecular complexity index is 596. The molecule has 5 nitrogen and oxygen atoms in total. The van der Waals surface area contributed by atoms with Crippen molar-refractivity contribution in [2.75, 3.05) is 13.1 Å². The van der Waals surface area contributed by atoms with Gasteiger partial charge < -0.3 is 9.64 Å². The third-order valence-corrected chi connectivity index (χ3v) is 4.03. The number of benzene rings is 1. The van der Waals surface area contributed by atoms with E-state index in [1.54, 1.807) is 29.2 Å². The smallest absolute Gasteiger partial charge is 0.410 e. The fourth-order valence-electron chi connectivity index (χ4n) is 2.74. The lowest BCUT2D eigenvalue weighted by Crippen LogP contribution is -2.43. The molecule has 1 aliphatic rings. The van der Waals surface area contributed by atoms with Gasteiger partial charge in [0.15, 0.2) is 5.78 Å². The van der Waals surface area contributed by atoms with Crippen LogP contribution >= 0.6 is 0 Å². The number of Topliss-reactive ketones (excluding diaryl/α,β-unsaturated/α-hetero) is 2. The number of hydrogen-bond donors (Lipinski definition) is 0. The highest BCUT2D eigenvalue weighted by Crippen LogP contribution is 2.22. The van der Waals surface area contributed by atoms with Crippen LogP contribution in [0.25, 0.3) is 0 Å². The average Bonchev–Trinajstić information content (AvgIpc) is 2.54. The maximum atomic E-state index is 12.3. The van der Waals surface area contributed by atoms with Gasteiger partial charge in [0.2, 0.25) is 0 Å². The highest BCUT2D eigenvalue weighted by molar-refractivity contribution is 6.08. The Morgan fingerprint density at radius 2 is 1.67 bits per heavy atom. The molecule has 130 valence electrons. The lowest BCUT2D eigenvalue weighted by atomic mass is 9.89. The van der Waals surface area contributed by atoms with Gasteiger partial charge in [-0.2, -0.15) is 0 Å². The molecule has 0 spiro atoms. The molecule has 0 N–H and O–H groups in total. The number of ketones is 2. The van der Waals surface area contributed by atoms with Crippen molar-refractivity contribution in [2.45, 2.75) is 45.6 Å². The molecule has 1 fully saturated rings. The quantitative estimate of drug-likeness (QED) is 0.626. The van der Waals surface area contributed by atoms with Crippen LogP contribution in [0.1, 0.15) is 50.4 Å². The van der Waals surface area contributed by atoms with Gasteiger partial charge in [0.1, 0.15) is 11.4 Å². The lowest BCUT2D eigenvalue weighted by Gasteiger charge is -2.32. The molecular formula is C19H25NO4. The van der Waals surface area contributed by atoms with E-state index in [0.29, 0.717) is 31.5 Å². The average molecular weight is 331 g/mol. The van der Waals surface area contributed by atoms with E-state index in [1.165, 1.54) is 0 Å². The minimum absolute atomic E-state index is 0.0345. The Kier molecular flexibility index (Phi) is 5.75. The molecule has 1 amide bonds. The Balaban J connectivity index is 1.82. The first-order chi connectivity index (χ1) is 11.3. The number of nitrogens with zero attached hydrogens (tertiary/aromatic N) is 1. The topological polar surface area (TPSA) is 63.7 Å². The molecule has 0 unspecified atom stereocenters. The van der Waals surface area contributed by atoms with Gasteiger partial charge >= 0.3 is 6.09 Å². The van der Waals surface area contributed by atoms with Crippen molar-refractivity contribution in [2.24, 2.45) is 5.92 Å². The number of rotatable bonds is 4. The SMILES string of the molecule is CC(C)(C)OC(=O)N1CCC(C(=O)CC(=O)c2ccccc2)CC1. The zero-order valence-electron chi connectivity index (χ0n) is 14.6. The van der Waals surface area contributed by atoms with Gasteiger partial charge in [-0.3, -0.25) is 9.59 Å². The first kappa shape index (κ1) is 18.2. The number of amides is 1. The fourth-order valence-corrected chi connectivity index (χ4v) is 2.74. The van der Waals surface area contributed by atoms with E-state index in [9.17, 15) is 14.4 Å². The van der Waals surface area contributed by atoms with Crippen LogP contribution in [0.15, 0.2) is 30.3 Å². The molecule has 1 aromatic rings. The summed E-state index contributed by atoms with van der Waals surface area (Å²) in [6, 6.07) is 8.86. The van der Waals surface area contributed by atoms with E-state index < -0.39 is 5.60 Å². The summed E-state index contributed by atoms with van der Waals surface area (Å²) in [6.45, 7) is 6.47. The van der Waals surface area contributed by atoms with E-state index in [4.69, 9.17) is 4.74 Å². The summed E-state index contributed by atoms with van der Waals surface area (Å²) in [4.78, 5) is 38.1. The molecule has 0 aliphatic carbocycles. The molecule has 1 heterocycles. The second-order valence-electron chi connectivity index (χ2n) is 7.17. The first-order valence-corrected chi connectivity index (χ1v) is 8.35. The summed E-state index contributed by atoms with van der Waals surface area (Å²) in [7, 11) is 0. The van der Waals surface area contributed by atoms with Gasteiger partial charge in [-0.1, -0.05) is 30.3 Å². The molecule has 5 heteroatoms. The van der Waals surface area contributed by atoms with Crippen LogP contribution in [-0.2, 0) is 9.53 Å². The zero-order chi connectivity index (χ0) is 17.7. The van der Waals surface area contributed by atoms with Gasteiger partial charge in [-0.25, -0.2) is 4.79 Å². The van der Waals surface area contributed by atoms with Crippen LogP contribution in [0.4, 0.5) is 4.79 Å². The molecule has 0 radical (unpaired) electrons. The number of carbonyl (C=O) groups is 3. The minimum atomic E-state index is -0.522. The minimum Gasteiger partial charge on any atom is -0.444 e. The molecular weight excluding hydrogens is 306 g/mol. The van der Waals surface area contributed by atoms with Crippen LogP contribution in [0.5, 0.6) is 0 Å². The van der Waals surface area contributed by atoms with Crippen molar-refractivity contribution in [1.29, 1.82) is 0 Å². The van der Waals surface area contributed by atoms with Crippen LogP contribution in [0, 0.1) is 5.92 Å². The number of hydrogen-bond acceptors (Lipinski definition) is 4. The van der Waals surface area contributed by atoms with Crippen molar-refractivity contribution in [1.82, 2.24) is 4.90 Å². The predicted molar refractivity (Wildman–Crippen MR) is 90.9 cm³/mol. The zero-order valence-corrected chi connectivity index (χ0v) is 14.6. The summed E-state index contributed by atoms with van der Waals surface area (Å²) in [5, 5.41) is 0. The highest BCUT2D eigenvalue weighted by Gasteiger charge is 2.30. The second kappa shape index (κ2) is 7.60. The molecule has 0 bridgehead atoms. The molecule has 0 atom stereocenters. The Morgan fingerprint density at radius 3 is 2.21 bits per heavy atom. The third-order valence-electron chi connectivity index (χ3n) is 4.03. The molecule has 1 saturated heterocycles. The maximum absolute atomic E-state index is 12.3. The highest BCUT2D eigenvalue weighted by atomic mass is 16.6. The monoisotopic (exact) mass is 331 g/mol. The standard InChI is InChI=1S/C19H25NO4/c1-19(2,3)24-18(23)20-11-9-15(10-12-20)17(22)13-16(21)14-7-5-4-6-8-14/h4-8,15H,9-13H2,1-3H3. The van der Waals surface area contributed by atoms with E-state index in [2.05, 4.69) is 0 Å². The molecule has 0 saturated carbocycles. The van der Waals surface area contributed by atoms with E-state index in [0.717, 1.165) is 0 Å². The Hall–Kier alpha value is -2.17. The van der Waals surface area contributed by atoms with E-state index in [-0.39, 0.29) is 30.0 Å². The summed E-state index contributed by atoms with van der Waals surface area (Å²) >= 11 is 0. The van der Waals surface area contributed by atoms with Gasteiger partial charge in [0.05, 0.1) is 6.42 Å². The van der Waals surface area contributed by atoms with Crippen molar-refractivity contribution in [3.8, 4) is 0 Å². The van der Waals surface area contributed by atoms with E-state index in [1.807, 2.05) is 26.8 Å². The molecule has 2 rings (SSSR count). The van der Waals surface area contributed by atoms with Crippen molar-refractivity contribution in [3.63, 3.8) is 0 Å². The fraction of sp³-hybridized carbons (Fsp3) is 0.526. The van der Waals surface area contributed by atoms with Crippen molar-refractivity contribution >= 4 is 17.7 Å². The number of likely N-dealkylation sites (tertiary alicyclic amines) is 1. The number of ether oxygens (including phenoxy) is 1.